The number of rotatable bonds is 7. The van der Waals surface area contributed by atoms with Crippen molar-refractivity contribution in [2.75, 3.05) is 6.61 Å². The molecule has 0 bridgehead atoms. The van der Waals surface area contributed by atoms with Gasteiger partial charge in [-0.05, 0) is 44.2 Å². The highest BCUT2D eigenvalue weighted by Crippen LogP contribution is 2.09. The standard InChI is InChI=1S/C17H29NO/c1-14(2)10-11-19-13-16-8-6-15(7-9-16)12-18-17(3,4)5/h6-9,14,18H,10-13H2,1-5H3. The first-order chi connectivity index (χ1) is 8.87. The third kappa shape index (κ3) is 8.02. The molecule has 19 heavy (non-hydrogen) atoms. The lowest BCUT2D eigenvalue weighted by molar-refractivity contribution is 0.110. The Balaban J connectivity index is 2.31. The predicted octanol–water partition coefficient (Wildman–Crippen LogP) is 4.14. The molecule has 1 N–H and O–H groups in total. The highest BCUT2D eigenvalue weighted by molar-refractivity contribution is 5.22. The van der Waals surface area contributed by atoms with E-state index in [9.17, 15) is 0 Å². The molecule has 0 fully saturated rings. The Kier molecular flexibility index (Phi) is 6.53. The molecule has 1 rings (SSSR count). The number of hydrogen-bond acceptors (Lipinski definition) is 2. The maximum Gasteiger partial charge on any atom is 0.0716 e. The molecular formula is C17H29NO. The topological polar surface area (TPSA) is 21.3 Å². The van der Waals surface area contributed by atoms with E-state index in [2.05, 4.69) is 64.2 Å². The van der Waals surface area contributed by atoms with Gasteiger partial charge in [-0.25, -0.2) is 0 Å². The van der Waals surface area contributed by atoms with Crippen LogP contribution in [0, 0.1) is 5.92 Å². The second-order valence-corrected chi connectivity index (χ2v) is 6.66. The molecule has 1 aromatic rings. The van der Waals surface area contributed by atoms with Crippen LogP contribution in [0.25, 0.3) is 0 Å². The lowest BCUT2D eigenvalue weighted by Gasteiger charge is -2.20. The Bertz CT molecular complexity index is 349. The minimum Gasteiger partial charge on any atom is -0.377 e. The van der Waals surface area contributed by atoms with Crippen molar-refractivity contribution in [3.63, 3.8) is 0 Å². The first-order valence-corrected chi connectivity index (χ1v) is 7.27. The molecule has 0 unspecified atom stereocenters. The number of ether oxygens (including phenoxy) is 1. The van der Waals surface area contributed by atoms with Gasteiger partial charge in [-0.15, -0.1) is 0 Å². The van der Waals surface area contributed by atoms with Crippen molar-refractivity contribution < 1.29 is 4.74 Å². The summed E-state index contributed by atoms with van der Waals surface area (Å²) >= 11 is 0. The minimum absolute atomic E-state index is 0.165. The van der Waals surface area contributed by atoms with Gasteiger partial charge in [0.15, 0.2) is 0 Å². The summed E-state index contributed by atoms with van der Waals surface area (Å²) in [4.78, 5) is 0. The van der Waals surface area contributed by atoms with Crippen LogP contribution in [0.15, 0.2) is 24.3 Å². The Morgan fingerprint density at radius 1 is 1.05 bits per heavy atom. The zero-order valence-electron chi connectivity index (χ0n) is 13.1. The van der Waals surface area contributed by atoms with Gasteiger partial charge in [-0.1, -0.05) is 38.1 Å². The summed E-state index contributed by atoms with van der Waals surface area (Å²) in [6.45, 7) is 13.5. The van der Waals surface area contributed by atoms with Gasteiger partial charge >= 0.3 is 0 Å². The molecule has 0 saturated carbocycles. The lowest BCUT2D eigenvalue weighted by atomic mass is 10.1. The smallest absolute Gasteiger partial charge is 0.0716 e. The average molecular weight is 263 g/mol. The van der Waals surface area contributed by atoms with Gasteiger partial charge in [0.1, 0.15) is 0 Å². The summed E-state index contributed by atoms with van der Waals surface area (Å²) in [5.41, 5.74) is 2.74. The molecule has 0 amide bonds. The Morgan fingerprint density at radius 3 is 2.16 bits per heavy atom. The summed E-state index contributed by atoms with van der Waals surface area (Å²) in [6, 6.07) is 8.68. The van der Waals surface area contributed by atoms with Crippen molar-refractivity contribution in [1.82, 2.24) is 5.32 Å². The fourth-order valence-corrected chi connectivity index (χ4v) is 1.63. The SMILES string of the molecule is CC(C)CCOCc1ccc(CNC(C)(C)C)cc1. The number of nitrogens with one attached hydrogen (secondary N) is 1. The van der Waals surface area contributed by atoms with Crippen LogP contribution in [-0.4, -0.2) is 12.1 Å². The van der Waals surface area contributed by atoms with E-state index in [1.54, 1.807) is 0 Å². The van der Waals surface area contributed by atoms with Crippen molar-refractivity contribution in [1.29, 1.82) is 0 Å². The fourth-order valence-electron chi connectivity index (χ4n) is 1.63. The lowest BCUT2D eigenvalue weighted by Crippen LogP contribution is -2.35. The van der Waals surface area contributed by atoms with E-state index >= 15 is 0 Å². The summed E-state index contributed by atoms with van der Waals surface area (Å²) in [7, 11) is 0. The van der Waals surface area contributed by atoms with Gasteiger partial charge in [0.05, 0.1) is 6.61 Å². The van der Waals surface area contributed by atoms with Crippen molar-refractivity contribution in [2.24, 2.45) is 5.92 Å². The van der Waals surface area contributed by atoms with Gasteiger partial charge in [-0.2, -0.15) is 0 Å². The molecule has 2 heteroatoms. The Hall–Kier alpha value is -0.860. The normalized spacial score (nSPS) is 12.1. The second kappa shape index (κ2) is 7.66. The zero-order valence-corrected chi connectivity index (χ0v) is 13.1. The third-order valence-corrected chi connectivity index (χ3v) is 2.95. The molecule has 0 aromatic heterocycles. The molecule has 0 heterocycles. The van der Waals surface area contributed by atoms with E-state index in [1.807, 2.05) is 0 Å². The summed E-state index contributed by atoms with van der Waals surface area (Å²) in [5.74, 6) is 0.714. The van der Waals surface area contributed by atoms with Crippen molar-refractivity contribution in [3.8, 4) is 0 Å². The largest absolute Gasteiger partial charge is 0.377 e. The first kappa shape index (κ1) is 16.2. The molecule has 0 spiro atoms. The molecule has 0 aliphatic carbocycles. The molecule has 108 valence electrons. The molecular weight excluding hydrogens is 234 g/mol. The molecule has 0 saturated heterocycles. The van der Waals surface area contributed by atoms with Gasteiger partial charge in [0, 0.05) is 18.7 Å². The summed E-state index contributed by atoms with van der Waals surface area (Å²) in [6.07, 6.45) is 1.13. The highest BCUT2D eigenvalue weighted by atomic mass is 16.5. The van der Waals surface area contributed by atoms with E-state index in [1.165, 1.54) is 11.1 Å². The summed E-state index contributed by atoms with van der Waals surface area (Å²) in [5, 5.41) is 3.49. The quantitative estimate of drug-likeness (QED) is 0.747. The number of hydrogen-bond donors (Lipinski definition) is 1. The van der Waals surface area contributed by atoms with Crippen molar-refractivity contribution in [2.45, 2.75) is 59.7 Å². The van der Waals surface area contributed by atoms with Crippen LogP contribution < -0.4 is 5.32 Å². The zero-order chi connectivity index (χ0) is 14.3. The van der Waals surface area contributed by atoms with E-state index in [0.29, 0.717) is 5.92 Å². The Morgan fingerprint density at radius 2 is 1.63 bits per heavy atom. The maximum absolute atomic E-state index is 5.67. The third-order valence-electron chi connectivity index (χ3n) is 2.95. The van der Waals surface area contributed by atoms with Crippen LogP contribution in [0.2, 0.25) is 0 Å². The number of benzene rings is 1. The second-order valence-electron chi connectivity index (χ2n) is 6.66. The van der Waals surface area contributed by atoms with Crippen LogP contribution in [-0.2, 0) is 17.9 Å². The van der Waals surface area contributed by atoms with Crippen LogP contribution in [0.3, 0.4) is 0 Å². The van der Waals surface area contributed by atoms with E-state index in [-0.39, 0.29) is 5.54 Å². The van der Waals surface area contributed by atoms with Crippen LogP contribution in [0.5, 0.6) is 0 Å². The van der Waals surface area contributed by atoms with Gasteiger partial charge in [-0.3, -0.25) is 0 Å². The molecule has 0 aliphatic rings. The molecule has 0 radical (unpaired) electrons. The van der Waals surface area contributed by atoms with Crippen LogP contribution in [0.4, 0.5) is 0 Å². The van der Waals surface area contributed by atoms with Gasteiger partial charge in [0.25, 0.3) is 0 Å². The summed E-state index contributed by atoms with van der Waals surface area (Å²) < 4.78 is 5.67. The predicted molar refractivity (Wildman–Crippen MR) is 82.1 cm³/mol. The first-order valence-electron chi connectivity index (χ1n) is 7.27. The molecule has 1 aromatic carbocycles. The van der Waals surface area contributed by atoms with E-state index < -0.39 is 0 Å². The monoisotopic (exact) mass is 263 g/mol. The Labute approximate surface area is 118 Å². The maximum atomic E-state index is 5.67. The molecule has 0 aliphatic heterocycles. The fraction of sp³-hybridized carbons (Fsp3) is 0.647. The highest BCUT2D eigenvalue weighted by Gasteiger charge is 2.07. The van der Waals surface area contributed by atoms with Crippen molar-refractivity contribution in [3.05, 3.63) is 35.4 Å². The van der Waals surface area contributed by atoms with Crippen molar-refractivity contribution >= 4 is 0 Å². The molecule has 2 nitrogen and oxygen atoms in total. The van der Waals surface area contributed by atoms with Crippen LogP contribution >= 0.6 is 0 Å². The molecule has 0 atom stereocenters. The van der Waals surface area contributed by atoms with Crippen LogP contribution in [0.1, 0.15) is 52.2 Å². The average Bonchev–Trinajstić information content (AvgIpc) is 2.32. The van der Waals surface area contributed by atoms with E-state index in [4.69, 9.17) is 4.74 Å². The van der Waals surface area contributed by atoms with Gasteiger partial charge < -0.3 is 10.1 Å². The van der Waals surface area contributed by atoms with E-state index in [0.717, 1.165) is 26.2 Å². The van der Waals surface area contributed by atoms with Gasteiger partial charge in [0.2, 0.25) is 0 Å². The minimum atomic E-state index is 0.165.